The predicted octanol–water partition coefficient (Wildman–Crippen LogP) is 4.28. The molecule has 2 aromatic rings. The van der Waals surface area contributed by atoms with Crippen molar-refractivity contribution in [2.45, 2.75) is 32.2 Å². The van der Waals surface area contributed by atoms with Gasteiger partial charge in [-0.3, -0.25) is 0 Å². The Morgan fingerprint density at radius 1 is 1.24 bits per heavy atom. The Morgan fingerprint density at radius 3 is 2.95 bits per heavy atom. The van der Waals surface area contributed by atoms with E-state index in [1.54, 1.807) is 6.07 Å². The number of fused-ring (bicyclic) bond motifs is 1. The Kier molecular flexibility index (Phi) is 4.00. The third-order valence-electron chi connectivity index (χ3n) is 3.96. The van der Waals surface area contributed by atoms with Crippen LogP contribution in [0.25, 0.3) is 0 Å². The molecule has 0 heterocycles. The molecule has 0 saturated carbocycles. The van der Waals surface area contributed by atoms with Crippen LogP contribution >= 0.6 is 0 Å². The van der Waals surface area contributed by atoms with Crippen molar-refractivity contribution in [1.82, 2.24) is 0 Å². The summed E-state index contributed by atoms with van der Waals surface area (Å²) in [4.78, 5) is 0. The maximum atomic E-state index is 9.76. The number of benzene rings is 2. The van der Waals surface area contributed by atoms with E-state index in [4.69, 9.17) is 4.74 Å². The van der Waals surface area contributed by atoms with Crippen LogP contribution in [0, 0.1) is 0 Å². The molecule has 110 valence electrons. The van der Waals surface area contributed by atoms with E-state index in [2.05, 4.69) is 5.32 Å². The molecule has 0 fully saturated rings. The largest absolute Gasteiger partial charge is 0.508 e. The van der Waals surface area contributed by atoms with Crippen LogP contribution in [0.5, 0.6) is 11.5 Å². The Labute approximate surface area is 125 Å². The smallest absolute Gasteiger partial charge is 0.142 e. The molecule has 0 spiro atoms. The fourth-order valence-electron chi connectivity index (χ4n) is 2.99. The van der Waals surface area contributed by atoms with Crippen LogP contribution in [0.3, 0.4) is 0 Å². The van der Waals surface area contributed by atoms with Crippen LogP contribution in [0.15, 0.2) is 42.5 Å². The summed E-state index contributed by atoms with van der Waals surface area (Å²) in [5, 5.41) is 13.3. The average molecular weight is 283 g/mol. The van der Waals surface area contributed by atoms with Crippen LogP contribution in [0.4, 0.5) is 5.69 Å². The van der Waals surface area contributed by atoms with Gasteiger partial charge in [-0.2, -0.15) is 0 Å². The molecule has 3 nitrogen and oxygen atoms in total. The molecule has 0 amide bonds. The van der Waals surface area contributed by atoms with Crippen molar-refractivity contribution in [1.29, 1.82) is 0 Å². The fraction of sp³-hybridized carbons (Fsp3) is 0.333. The molecule has 2 N–H and O–H groups in total. The van der Waals surface area contributed by atoms with Gasteiger partial charge in [-0.05, 0) is 61.6 Å². The summed E-state index contributed by atoms with van der Waals surface area (Å²) in [5.41, 5.74) is 3.54. The zero-order valence-electron chi connectivity index (χ0n) is 12.3. The number of nitrogens with one attached hydrogen (secondary N) is 1. The van der Waals surface area contributed by atoms with Gasteiger partial charge in [0.15, 0.2) is 0 Å². The predicted molar refractivity (Wildman–Crippen MR) is 85.0 cm³/mol. The highest BCUT2D eigenvalue weighted by atomic mass is 16.5. The molecule has 0 saturated heterocycles. The zero-order valence-corrected chi connectivity index (χ0v) is 12.3. The van der Waals surface area contributed by atoms with Crippen LogP contribution in [-0.4, -0.2) is 11.7 Å². The number of aryl methyl sites for hydroxylation is 1. The summed E-state index contributed by atoms with van der Waals surface area (Å²) in [6, 6.07) is 13.9. The number of rotatable bonds is 4. The molecule has 1 atom stereocenters. The molecule has 21 heavy (non-hydrogen) atoms. The maximum absolute atomic E-state index is 9.76. The minimum Gasteiger partial charge on any atom is -0.508 e. The van der Waals surface area contributed by atoms with E-state index in [0.29, 0.717) is 12.4 Å². The summed E-state index contributed by atoms with van der Waals surface area (Å²) < 4.78 is 5.68. The molecule has 1 aliphatic carbocycles. The highest BCUT2D eigenvalue weighted by Gasteiger charge is 2.21. The van der Waals surface area contributed by atoms with Gasteiger partial charge in [-0.25, -0.2) is 0 Å². The molecule has 0 bridgehead atoms. The first-order chi connectivity index (χ1) is 10.3. The van der Waals surface area contributed by atoms with Gasteiger partial charge in [-0.15, -0.1) is 0 Å². The van der Waals surface area contributed by atoms with Crippen molar-refractivity contribution in [2.75, 3.05) is 11.9 Å². The number of phenols is 1. The first-order valence-corrected chi connectivity index (χ1v) is 7.58. The maximum Gasteiger partial charge on any atom is 0.142 e. The van der Waals surface area contributed by atoms with Gasteiger partial charge in [0.05, 0.1) is 18.3 Å². The zero-order chi connectivity index (χ0) is 14.7. The summed E-state index contributed by atoms with van der Waals surface area (Å²) >= 11 is 0. The minimum atomic E-state index is 0.224. The molecular weight excluding hydrogens is 262 g/mol. The minimum absolute atomic E-state index is 0.224. The van der Waals surface area contributed by atoms with Crippen molar-refractivity contribution < 1.29 is 9.84 Å². The van der Waals surface area contributed by atoms with Gasteiger partial charge in [0, 0.05) is 0 Å². The monoisotopic (exact) mass is 283 g/mol. The molecule has 1 unspecified atom stereocenters. The van der Waals surface area contributed by atoms with Crippen molar-refractivity contribution in [3.8, 4) is 11.5 Å². The molecule has 2 aromatic carbocycles. The van der Waals surface area contributed by atoms with E-state index >= 15 is 0 Å². The standard InChI is InChI=1S/C18H21NO2/c1-2-21-18-9-4-3-7-17(18)19-16-8-5-6-13-10-11-14(20)12-15(13)16/h3-4,7,9-12,16,19-20H,2,5-6,8H2,1H3. The van der Waals surface area contributed by atoms with Crippen LogP contribution in [-0.2, 0) is 6.42 Å². The van der Waals surface area contributed by atoms with Crippen LogP contribution in [0.1, 0.15) is 36.9 Å². The quantitative estimate of drug-likeness (QED) is 0.880. The van der Waals surface area contributed by atoms with Gasteiger partial charge in [0.2, 0.25) is 0 Å². The second-order valence-corrected chi connectivity index (χ2v) is 5.40. The Morgan fingerprint density at radius 2 is 2.10 bits per heavy atom. The molecule has 0 radical (unpaired) electrons. The molecule has 3 rings (SSSR count). The molecule has 1 aliphatic rings. The van der Waals surface area contributed by atoms with Gasteiger partial charge < -0.3 is 15.2 Å². The third kappa shape index (κ3) is 2.97. The van der Waals surface area contributed by atoms with Crippen LogP contribution in [0.2, 0.25) is 0 Å². The molecule has 3 heteroatoms. The van der Waals surface area contributed by atoms with E-state index < -0.39 is 0 Å². The average Bonchev–Trinajstić information content (AvgIpc) is 2.50. The topological polar surface area (TPSA) is 41.5 Å². The number of ether oxygens (including phenoxy) is 1. The van der Waals surface area contributed by atoms with Crippen molar-refractivity contribution in [3.63, 3.8) is 0 Å². The number of phenolic OH excluding ortho intramolecular Hbond substituents is 1. The second-order valence-electron chi connectivity index (χ2n) is 5.40. The van der Waals surface area contributed by atoms with E-state index in [0.717, 1.165) is 30.7 Å². The van der Waals surface area contributed by atoms with Crippen molar-refractivity contribution >= 4 is 5.69 Å². The van der Waals surface area contributed by atoms with Crippen molar-refractivity contribution in [2.24, 2.45) is 0 Å². The fourth-order valence-corrected chi connectivity index (χ4v) is 2.99. The molecule has 0 aromatic heterocycles. The third-order valence-corrected chi connectivity index (χ3v) is 3.96. The number of hydrogen-bond donors (Lipinski definition) is 2. The molecular formula is C18H21NO2. The van der Waals surface area contributed by atoms with Crippen LogP contribution < -0.4 is 10.1 Å². The van der Waals surface area contributed by atoms with E-state index in [9.17, 15) is 5.11 Å². The lowest BCUT2D eigenvalue weighted by atomic mass is 9.87. The Balaban J connectivity index is 1.88. The van der Waals surface area contributed by atoms with Gasteiger partial charge >= 0.3 is 0 Å². The normalized spacial score (nSPS) is 17.1. The summed E-state index contributed by atoms with van der Waals surface area (Å²) in [5.74, 6) is 1.22. The summed E-state index contributed by atoms with van der Waals surface area (Å²) in [7, 11) is 0. The second kappa shape index (κ2) is 6.08. The summed E-state index contributed by atoms with van der Waals surface area (Å²) in [6.45, 7) is 2.64. The number of anilines is 1. The van der Waals surface area contributed by atoms with Gasteiger partial charge in [-0.1, -0.05) is 18.2 Å². The van der Waals surface area contributed by atoms with Crippen molar-refractivity contribution in [3.05, 3.63) is 53.6 Å². The number of para-hydroxylation sites is 2. The lowest BCUT2D eigenvalue weighted by molar-refractivity contribution is 0.341. The molecule has 0 aliphatic heterocycles. The van der Waals surface area contributed by atoms with Gasteiger partial charge in [0.1, 0.15) is 11.5 Å². The first kappa shape index (κ1) is 13.8. The highest BCUT2D eigenvalue weighted by Crippen LogP contribution is 2.36. The lowest BCUT2D eigenvalue weighted by Crippen LogP contribution is -2.17. The summed E-state index contributed by atoms with van der Waals surface area (Å²) in [6.07, 6.45) is 3.31. The lowest BCUT2D eigenvalue weighted by Gasteiger charge is -2.28. The Bertz CT molecular complexity index is 624. The SMILES string of the molecule is CCOc1ccccc1NC1CCCc2ccc(O)cc21. The first-order valence-electron chi connectivity index (χ1n) is 7.58. The number of hydrogen-bond acceptors (Lipinski definition) is 3. The number of aromatic hydroxyl groups is 1. The Hall–Kier alpha value is -2.16. The van der Waals surface area contributed by atoms with E-state index in [1.807, 2.05) is 43.3 Å². The van der Waals surface area contributed by atoms with E-state index in [1.165, 1.54) is 11.1 Å². The van der Waals surface area contributed by atoms with E-state index in [-0.39, 0.29) is 6.04 Å². The highest BCUT2D eigenvalue weighted by molar-refractivity contribution is 5.58. The van der Waals surface area contributed by atoms with Gasteiger partial charge in [0.25, 0.3) is 0 Å².